The third-order valence-electron chi connectivity index (χ3n) is 7.67. The zero-order valence-corrected chi connectivity index (χ0v) is 43.2. The summed E-state index contributed by atoms with van der Waals surface area (Å²) >= 11 is -5.82. The molecule has 10 amide bonds. The first-order chi connectivity index (χ1) is 31.0. The summed E-state index contributed by atoms with van der Waals surface area (Å²) in [6.07, 6.45) is -2.52. The molecule has 72 heavy (non-hydrogen) atoms. The van der Waals surface area contributed by atoms with Crippen molar-refractivity contribution in [3.05, 3.63) is 0 Å². The van der Waals surface area contributed by atoms with Gasteiger partial charge in [0.2, 0.25) is 59.1 Å². The fourth-order valence-electron chi connectivity index (χ4n) is 4.79. The second-order valence-electron chi connectivity index (χ2n) is 13.9. The summed E-state index contributed by atoms with van der Waals surface area (Å²) in [4.78, 5) is 174. The monoisotopic (exact) mass is 1090 g/mol. The molecule has 406 valence electrons. The smallest absolute Gasteiger partial charge is 0.588 e. The molecule has 0 aliphatic carbocycles. The van der Waals surface area contributed by atoms with Crippen molar-refractivity contribution in [2.45, 2.75) is 129 Å². The number of hydrogen-bond donors (Lipinski definition) is 10. The first kappa shape index (κ1) is 79.6. The first-order valence-electron chi connectivity index (χ1n) is 19.7. The van der Waals surface area contributed by atoms with Crippen molar-refractivity contribution in [3.8, 4) is 0 Å². The molecule has 37 heteroatoms. The van der Waals surface area contributed by atoms with Gasteiger partial charge in [0, 0.05) is 84.1 Å². The summed E-state index contributed by atoms with van der Waals surface area (Å²) in [7, 11) is 0. The van der Waals surface area contributed by atoms with E-state index in [1.165, 1.54) is 13.8 Å². The lowest BCUT2D eigenvalue weighted by molar-refractivity contribution is -0.153. The summed E-state index contributed by atoms with van der Waals surface area (Å²) in [5, 5.41) is 11.2. The predicted octanol–water partition coefficient (Wildman–Crippen LogP) is -10.6. The van der Waals surface area contributed by atoms with E-state index in [4.69, 9.17) is 47.6 Å². The third-order valence-corrected chi connectivity index (χ3v) is 9.60. The Bertz CT molecular complexity index is 1690. The average Bonchev–Trinajstić information content (AvgIpc) is 3.18. The maximum Gasteiger partial charge on any atom is 1.20 e. The van der Waals surface area contributed by atoms with Crippen molar-refractivity contribution >= 4 is 137 Å². The Balaban J connectivity index is -0.000000234. The second kappa shape index (κ2) is 43.3. The summed E-state index contributed by atoms with van der Waals surface area (Å²) in [6.45, 7) is 5.54. The number of carbonyl (C=O) groups is 15. The zero-order chi connectivity index (χ0) is 52.0. The summed E-state index contributed by atoms with van der Waals surface area (Å²) in [5.41, 5.74) is 25.2. The van der Waals surface area contributed by atoms with Crippen molar-refractivity contribution in [2.24, 2.45) is 28.7 Å². The number of nitrogens with one attached hydrogen (secondary N) is 5. The third kappa shape index (κ3) is 42.4. The van der Waals surface area contributed by atoms with Crippen LogP contribution in [0.4, 0.5) is 0 Å². The number of hydrogen-bond acceptors (Lipinski definition) is 20. The van der Waals surface area contributed by atoms with E-state index in [1.807, 2.05) is 0 Å². The van der Waals surface area contributed by atoms with Crippen LogP contribution in [0.2, 0.25) is 0 Å². The molecule has 0 spiro atoms. The molecule has 0 aromatic heterocycles. The highest BCUT2D eigenvalue weighted by Crippen LogP contribution is 2.10. The van der Waals surface area contributed by atoms with Crippen LogP contribution in [0.3, 0.4) is 0 Å². The Hall–Kier alpha value is -6.51. The average molecular weight is 1090 g/mol. The normalized spacial score (nSPS) is 11.4. The molecule has 0 saturated carbocycles. The summed E-state index contributed by atoms with van der Waals surface area (Å²) in [5.74, 6) is -12.5. The van der Waals surface area contributed by atoms with Crippen LogP contribution >= 0.6 is 0 Å². The second-order valence-corrected chi connectivity index (χ2v) is 15.8. The van der Waals surface area contributed by atoms with E-state index < -0.39 is 150 Å². The van der Waals surface area contributed by atoms with Crippen molar-refractivity contribution in [1.82, 2.24) is 26.6 Å². The molecule has 0 saturated heterocycles. The van der Waals surface area contributed by atoms with Gasteiger partial charge in [0.05, 0.1) is 0 Å². The molecule has 0 fully saturated rings. The highest BCUT2D eigenvalue weighted by molar-refractivity contribution is 6.44. The molecule has 0 heterocycles. The quantitative estimate of drug-likeness (QED) is 0.0299. The molecule has 0 aliphatic rings. The van der Waals surface area contributed by atoms with Crippen LogP contribution in [0.15, 0.2) is 0 Å². The lowest BCUT2D eigenvalue weighted by Crippen LogP contribution is -2.50. The fraction of sp³-hybridized carbons (Fsp3) is 0.571. The lowest BCUT2D eigenvalue weighted by atomic mass is 10.1. The van der Waals surface area contributed by atoms with Gasteiger partial charge in [0.25, 0.3) is 29.8 Å². The van der Waals surface area contributed by atoms with E-state index in [1.54, 1.807) is 0 Å². The van der Waals surface area contributed by atoms with Gasteiger partial charge in [-0.15, -0.1) is 0 Å². The van der Waals surface area contributed by atoms with E-state index in [0.717, 1.165) is 20.8 Å². The molecule has 0 unspecified atom stereocenters. The fourth-order valence-corrected chi connectivity index (χ4v) is 6.56. The van der Waals surface area contributed by atoms with Crippen molar-refractivity contribution < 1.29 is 113 Å². The van der Waals surface area contributed by atoms with E-state index in [9.17, 15) is 71.9 Å². The Morgan fingerprint density at radius 2 is 0.528 bits per heavy atom. The number of primary amides is 5. The molecular weight excluding hydrogens is 1030 g/mol. The van der Waals surface area contributed by atoms with Crippen LogP contribution in [0.1, 0.15) is 98.8 Å². The minimum atomic E-state index is -4.21. The highest BCUT2D eigenvalue weighted by Gasteiger charge is 2.52. The van der Waals surface area contributed by atoms with Crippen LogP contribution in [-0.2, 0) is 90.9 Å². The van der Waals surface area contributed by atoms with Crippen molar-refractivity contribution in [2.75, 3.05) is 0 Å². The summed E-state index contributed by atoms with van der Waals surface area (Å²) < 4.78 is 24.9. The van der Waals surface area contributed by atoms with Gasteiger partial charge in [-0.2, -0.15) is 0 Å². The van der Waals surface area contributed by atoms with Gasteiger partial charge in [-0.05, 0) is 32.1 Å². The highest BCUT2D eigenvalue weighted by atomic mass is 27.3. The molecule has 0 bridgehead atoms. The van der Waals surface area contributed by atoms with Crippen LogP contribution in [-0.4, -0.2) is 189 Å². The van der Waals surface area contributed by atoms with Crippen molar-refractivity contribution in [1.29, 1.82) is 0 Å². The number of carbonyl (C=O) groups excluding carboxylic acids is 15. The van der Waals surface area contributed by atoms with Crippen molar-refractivity contribution in [3.63, 3.8) is 0 Å². The van der Waals surface area contributed by atoms with Gasteiger partial charge < -0.3 is 96.1 Å². The number of rotatable bonds is 30. The van der Waals surface area contributed by atoms with Gasteiger partial charge in [-0.1, -0.05) is 0 Å². The minimum absolute atomic E-state index is 0. The predicted molar refractivity (Wildman–Crippen MR) is 242 cm³/mol. The standard InChI is InChI=1S/5C7H12N2O4.3Al.4H2O/c5*1-4(10)9-5(7(12)13)2-3-6(8)11;;;;;;;/h5*5H,2-3H2,1H3,(H2,8,11)(H,9,10)(H,12,13);;;;4*1H2/q;;;;;;+2;+3;;;;/p-5/t5*5-;;;;;;;/m00000......./s1. The minimum Gasteiger partial charge on any atom is -0.588 e. The molecule has 0 aromatic carbocycles. The van der Waals surface area contributed by atoms with Gasteiger partial charge >= 0.3 is 31.0 Å². The molecule has 0 aliphatic heterocycles. The lowest BCUT2D eigenvalue weighted by Gasteiger charge is -2.23. The zero-order valence-electron chi connectivity index (χ0n) is 39.7. The van der Waals surface area contributed by atoms with Gasteiger partial charge in [0.15, 0.2) is 0 Å². The Labute approximate surface area is 432 Å². The molecule has 23 N–H and O–H groups in total. The Kier molecular flexibility index (Phi) is 47.9. The Morgan fingerprint density at radius 3 is 0.681 bits per heavy atom. The Morgan fingerprint density at radius 1 is 0.361 bits per heavy atom. The van der Waals surface area contributed by atoms with Gasteiger partial charge in [-0.3, -0.25) is 71.9 Å². The van der Waals surface area contributed by atoms with Gasteiger partial charge in [0.1, 0.15) is 30.2 Å². The molecule has 0 aromatic rings. The molecule has 0 rings (SSSR count). The van der Waals surface area contributed by atoms with Crippen LogP contribution in [0, 0.1) is 0 Å². The molecule has 5 atom stereocenters. The number of nitrogens with two attached hydrogens (primary N) is 5. The molecule has 34 nitrogen and oxygen atoms in total. The van der Waals surface area contributed by atoms with E-state index in [2.05, 4.69) is 26.6 Å². The van der Waals surface area contributed by atoms with Crippen LogP contribution in [0.5, 0.6) is 0 Å². The topological polar surface area (TPSA) is 618 Å². The van der Waals surface area contributed by atoms with Crippen LogP contribution < -0.4 is 55.3 Å². The number of amides is 10. The molecular formula is C35H63Al3N10O24. The maximum absolute atomic E-state index is 12.8. The van der Waals surface area contributed by atoms with Crippen LogP contribution in [0.25, 0.3) is 0 Å². The van der Waals surface area contributed by atoms with E-state index in [0.29, 0.717) is 0 Å². The molecule has 4 radical (unpaired) electrons. The van der Waals surface area contributed by atoms with Gasteiger partial charge in [-0.25, -0.2) is 0 Å². The SMILES string of the molecule is CC(=O)N[C@@H](CCC(N)=O)C(=O)[O][Al]([O]C(=O)[C@H](CCC(N)=O)NC(C)=O)[O]C(=O)[C@H](CCC(N)=O)NC(C)=O.CC(=O)N[C@@H](CCC(N)=O)C(=O)[O][Al][O]C(=O)[C@H](CCC(N)=O)NC(C)=O.O.O.O.O.[Al]. The van der Waals surface area contributed by atoms with E-state index in [-0.39, 0.29) is 103 Å². The maximum atomic E-state index is 12.8. The first-order valence-corrected chi connectivity index (χ1v) is 22.0. The summed E-state index contributed by atoms with van der Waals surface area (Å²) in [6, 6.07) is -6.66. The largest absolute Gasteiger partial charge is 1.20 e. The van der Waals surface area contributed by atoms with E-state index >= 15 is 0 Å².